The van der Waals surface area contributed by atoms with Crippen molar-refractivity contribution < 1.29 is 9.90 Å². The number of anilines is 1. The highest BCUT2D eigenvalue weighted by Crippen LogP contribution is 2.25. The molecular weight excluding hydrogens is 254 g/mol. The number of carbonyl (C=O) groups is 1. The van der Waals surface area contributed by atoms with Gasteiger partial charge in [-0.1, -0.05) is 18.2 Å². The van der Waals surface area contributed by atoms with Crippen molar-refractivity contribution >= 4 is 22.5 Å². The summed E-state index contributed by atoms with van der Waals surface area (Å²) in [5, 5.41) is 13.5. The third-order valence-electron chi connectivity index (χ3n) is 2.87. The van der Waals surface area contributed by atoms with Gasteiger partial charge in [0.1, 0.15) is 5.52 Å². The van der Waals surface area contributed by atoms with Gasteiger partial charge >= 0.3 is 0 Å². The summed E-state index contributed by atoms with van der Waals surface area (Å²) in [7, 11) is 0. The highest BCUT2D eigenvalue weighted by molar-refractivity contribution is 6.07. The first kappa shape index (κ1) is 12.1. The van der Waals surface area contributed by atoms with Gasteiger partial charge in [-0.25, -0.2) is 4.98 Å². The molecule has 0 fully saturated rings. The van der Waals surface area contributed by atoms with Gasteiger partial charge in [-0.15, -0.1) is 0 Å². The predicted octanol–water partition coefficient (Wildman–Crippen LogP) is 2.59. The van der Waals surface area contributed by atoms with Gasteiger partial charge in [-0.05, 0) is 24.3 Å². The smallest absolute Gasteiger partial charge is 0.278 e. The molecule has 5 heteroatoms. The SMILES string of the molecule is O=C(Nc1ccccc1)c1ncc2cccnc2c1O. The Balaban J connectivity index is 1.98. The van der Waals surface area contributed by atoms with E-state index in [9.17, 15) is 9.90 Å². The molecule has 0 aliphatic heterocycles. The number of pyridine rings is 2. The molecule has 0 saturated heterocycles. The van der Waals surface area contributed by atoms with Gasteiger partial charge < -0.3 is 10.4 Å². The van der Waals surface area contributed by atoms with E-state index in [1.807, 2.05) is 18.2 Å². The van der Waals surface area contributed by atoms with Crippen molar-refractivity contribution in [2.45, 2.75) is 0 Å². The first-order valence-corrected chi connectivity index (χ1v) is 6.05. The molecule has 0 spiro atoms. The van der Waals surface area contributed by atoms with Crippen LogP contribution in [0.4, 0.5) is 5.69 Å². The van der Waals surface area contributed by atoms with Gasteiger partial charge in [0.15, 0.2) is 11.4 Å². The van der Waals surface area contributed by atoms with E-state index in [-0.39, 0.29) is 11.4 Å². The Labute approximate surface area is 114 Å². The maximum Gasteiger partial charge on any atom is 0.278 e. The summed E-state index contributed by atoms with van der Waals surface area (Å²) in [6.07, 6.45) is 3.07. The van der Waals surface area contributed by atoms with Crippen LogP contribution in [0.25, 0.3) is 10.9 Å². The highest BCUT2D eigenvalue weighted by atomic mass is 16.3. The molecule has 0 atom stereocenters. The van der Waals surface area contributed by atoms with E-state index >= 15 is 0 Å². The number of aromatic nitrogens is 2. The minimum absolute atomic E-state index is 0.0416. The molecule has 1 aromatic carbocycles. The van der Waals surface area contributed by atoms with Crippen molar-refractivity contribution in [3.05, 3.63) is 60.6 Å². The van der Waals surface area contributed by atoms with Crippen LogP contribution in [0.1, 0.15) is 10.5 Å². The summed E-state index contributed by atoms with van der Waals surface area (Å²) in [4.78, 5) is 20.2. The number of hydrogen-bond acceptors (Lipinski definition) is 4. The maximum atomic E-state index is 12.1. The number of para-hydroxylation sites is 1. The average Bonchev–Trinajstić information content (AvgIpc) is 2.49. The molecular formula is C15H11N3O2. The lowest BCUT2D eigenvalue weighted by molar-refractivity contribution is 0.102. The molecule has 0 aliphatic rings. The Kier molecular flexibility index (Phi) is 3.01. The molecule has 0 radical (unpaired) electrons. The number of fused-ring (bicyclic) bond motifs is 1. The monoisotopic (exact) mass is 265 g/mol. The molecule has 98 valence electrons. The van der Waals surface area contributed by atoms with Crippen LogP contribution in [0.5, 0.6) is 5.75 Å². The molecule has 0 bridgehead atoms. The fraction of sp³-hybridized carbons (Fsp3) is 0. The molecule has 2 heterocycles. The summed E-state index contributed by atoms with van der Waals surface area (Å²) in [6, 6.07) is 12.5. The van der Waals surface area contributed by atoms with E-state index in [0.29, 0.717) is 16.6 Å². The van der Waals surface area contributed by atoms with Crippen LogP contribution in [-0.4, -0.2) is 21.0 Å². The third kappa shape index (κ3) is 2.16. The molecule has 3 rings (SSSR count). The summed E-state index contributed by atoms with van der Waals surface area (Å²) in [5.41, 5.74) is 0.959. The van der Waals surface area contributed by atoms with Crippen molar-refractivity contribution in [3.8, 4) is 5.75 Å². The van der Waals surface area contributed by atoms with Crippen molar-refractivity contribution in [1.82, 2.24) is 9.97 Å². The third-order valence-corrected chi connectivity index (χ3v) is 2.87. The largest absolute Gasteiger partial charge is 0.504 e. The zero-order valence-electron chi connectivity index (χ0n) is 10.4. The Hall–Kier alpha value is -2.95. The van der Waals surface area contributed by atoms with Gasteiger partial charge in [0.2, 0.25) is 0 Å². The minimum Gasteiger partial charge on any atom is -0.504 e. The molecule has 2 N–H and O–H groups in total. The zero-order valence-corrected chi connectivity index (χ0v) is 10.4. The first-order chi connectivity index (χ1) is 9.75. The lowest BCUT2D eigenvalue weighted by Gasteiger charge is -2.07. The molecule has 1 amide bonds. The molecule has 20 heavy (non-hydrogen) atoms. The predicted molar refractivity (Wildman–Crippen MR) is 75.6 cm³/mol. The Bertz CT molecular complexity index is 772. The lowest BCUT2D eigenvalue weighted by atomic mass is 10.2. The van der Waals surface area contributed by atoms with Crippen LogP contribution in [0.2, 0.25) is 0 Å². The Morgan fingerprint density at radius 2 is 1.85 bits per heavy atom. The van der Waals surface area contributed by atoms with Crippen molar-refractivity contribution in [2.75, 3.05) is 5.32 Å². The van der Waals surface area contributed by atoms with Crippen LogP contribution in [0.15, 0.2) is 54.9 Å². The second-order valence-corrected chi connectivity index (χ2v) is 4.22. The van der Waals surface area contributed by atoms with Gasteiger partial charge in [0.05, 0.1) is 0 Å². The number of benzene rings is 1. The fourth-order valence-corrected chi connectivity index (χ4v) is 1.91. The molecule has 0 unspecified atom stereocenters. The molecule has 5 nitrogen and oxygen atoms in total. The molecule has 0 saturated carbocycles. The second-order valence-electron chi connectivity index (χ2n) is 4.22. The van der Waals surface area contributed by atoms with Crippen LogP contribution in [0, 0.1) is 0 Å². The summed E-state index contributed by atoms with van der Waals surface area (Å²) >= 11 is 0. The number of nitrogens with zero attached hydrogens (tertiary/aromatic N) is 2. The van der Waals surface area contributed by atoms with Gasteiger partial charge in [-0.2, -0.15) is 0 Å². The summed E-state index contributed by atoms with van der Waals surface area (Å²) in [5.74, 6) is -0.683. The number of rotatable bonds is 2. The molecule has 0 aliphatic carbocycles. The van der Waals surface area contributed by atoms with E-state index in [0.717, 1.165) is 0 Å². The lowest BCUT2D eigenvalue weighted by Crippen LogP contribution is -2.14. The van der Waals surface area contributed by atoms with E-state index in [4.69, 9.17) is 0 Å². The first-order valence-electron chi connectivity index (χ1n) is 6.05. The van der Waals surface area contributed by atoms with Crippen LogP contribution < -0.4 is 5.32 Å². The summed E-state index contributed by atoms with van der Waals surface area (Å²) < 4.78 is 0. The topological polar surface area (TPSA) is 75.1 Å². The van der Waals surface area contributed by atoms with E-state index in [2.05, 4.69) is 15.3 Å². The second kappa shape index (κ2) is 4.97. The highest BCUT2D eigenvalue weighted by Gasteiger charge is 2.16. The van der Waals surface area contributed by atoms with E-state index in [1.165, 1.54) is 6.20 Å². The average molecular weight is 265 g/mol. The standard InChI is InChI=1S/C15H11N3O2/c19-14-12-10(5-4-8-16-12)9-17-13(14)15(20)18-11-6-2-1-3-7-11/h1-9,19H,(H,18,20). The Morgan fingerprint density at radius 1 is 1.05 bits per heavy atom. The number of amides is 1. The maximum absolute atomic E-state index is 12.1. The van der Waals surface area contributed by atoms with Gasteiger partial charge in [0, 0.05) is 23.5 Å². The van der Waals surface area contributed by atoms with Crippen LogP contribution >= 0.6 is 0 Å². The van der Waals surface area contributed by atoms with Crippen molar-refractivity contribution in [1.29, 1.82) is 0 Å². The van der Waals surface area contributed by atoms with Crippen molar-refractivity contribution in [2.24, 2.45) is 0 Å². The summed E-state index contributed by atoms with van der Waals surface area (Å²) in [6.45, 7) is 0. The normalized spacial score (nSPS) is 10.4. The number of carbonyl (C=O) groups excluding carboxylic acids is 1. The molecule has 2 aromatic heterocycles. The van der Waals surface area contributed by atoms with Gasteiger partial charge in [-0.3, -0.25) is 9.78 Å². The molecule has 3 aromatic rings. The van der Waals surface area contributed by atoms with E-state index in [1.54, 1.807) is 30.5 Å². The fourth-order valence-electron chi connectivity index (χ4n) is 1.91. The van der Waals surface area contributed by atoms with Crippen LogP contribution in [-0.2, 0) is 0 Å². The number of aromatic hydroxyl groups is 1. The van der Waals surface area contributed by atoms with Crippen molar-refractivity contribution in [3.63, 3.8) is 0 Å². The zero-order chi connectivity index (χ0) is 13.9. The number of nitrogens with one attached hydrogen (secondary N) is 1. The van der Waals surface area contributed by atoms with Crippen LogP contribution in [0.3, 0.4) is 0 Å². The quantitative estimate of drug-likeness (QED) is 0.746. The number of hydrogen-bond donors (Lipinski definition) is 2. The minimum atomic E-state index is -0.471. The van der Waals surface area contributed by atoms with E-state index < -0.39 is 5.91 Å². The Morgan fingerprint density at radius 3 is 2.65 bits per heavy atom. The van der Waals surface area contributed by atoms with Gasteiger partial charge in [0.25, 0.3) is 5.91 Å².